The number of nitrogens with one attached hydrogen (secondary N) is 1. The van der Waals surface area contributed by atoms with Crippen LogP contribution in [0.3, 0.4) is 0 Å². The Morgan fingerprint density at radius 2 is 1.83 bits per heavy atom. The van der Waals surface area contributed by atoms with E-state index in [0.717, 1.165) is 6.42 Å². The summed E-state index contributed by atoms with van der Waals surface area (Å²) in [6.07, 6.45) is 1.48. The van der Waals surface area contributed by atoms with Gasteiger partial charge in [0, 0.05) is 18.7 Å². The fourth-order valence-electron chi connectivity index (χ4n) is 1.96. The van der Waals surface area contributed by atoms with Gasteiger partial charge in [0.2, 0.25) is 0 Å². The maximum absolute atomic E-state index is 13.7. The van der Waals surface area contributed by atoms with Gasteiger partial charge >= 0.3 is 0 Å². The van der Waals surface area contributed by atoms with Crippen molar-refractivity contribution in [2.75, 3.05) is 13.7 Å². The second kappa shape index (κ2) is 7.44. The minimum atomic E-state index is -0.494. The van der Waals surface area contributed by atoms with E-state index in [1.807, 2.05) is 13.8 Å². The molecule has 1 aromatic rings. The van der Waals surface area contributed by atoms with Gasteiger partial charge < -0.3 is 10.1 Å². The molecule has 0 aliphatic carbocycles. The summed E-state index contributed by atoms with van der Waals surface area (Å²) in [5, 5.41) is 3.12. The molecule has 0 radical (unpaired) electrons. The molecule has 0 aliphatic heterocycles. The Kier molecular flexibility index (Phi) is 6.22. The zero-order valence-corrected chi connectivity index (χ0v) is 11.2. The largest absolute Gasteiger partial charge is 0.382 e. The van der Waals surface area contributed by atoms with Gasteiger partial charge in [-0.05, 0) is 38.4 Å². The smallest absolute Gasteiger partial charge is 0.130 e. The summed E-state index contributed by atoms with van der Waals surface area (Å²) in [6.45, 7) is 4.53. The molecule has 0 amide bonds. The molecule has 1 N–H and O–H groups in total. The standard InChI is InChI=1S/C14H21F2NO/c1-4-17-13(9-8-10(2)18-3)14-11(15)6-5-7-12(14)16/h5-7,10,13,17H,4,8-9H2,1-3H3. The highest BCUT2D eigenvalue weighted by Crippen LogP contribution is 2.25. The molecule has 0 aromatic heterocycles. The fraction of sp³-hybridized carbons (Fsp3) is 0.571. The number of benzene rings is 1. The topological polar surface area (TPSA) is 21.3 Å². The summed E-state index contributed by atoms with van der Waals surface area (Å²) in [6, 6.07) is 3.66. The van der Waals surface area contributed by atoms with Gasteiger partial charge in [0.1, 0.15) is 11.6 Å². The SMILES string of the molecule is CCNC(CCC(C)OC)c1c(F)cccc1F. The average molecular weight is 257 g/mol. The third kappa shape index (κ3) is 4.03. The Bertz CT molecular complexity index is 351. The Morgan fingerprint density at radius 1 is 1.22 bits per heavy atom. The van der Waals surface area contributed by atoms with Crippen molar-refractivity contribution in [2.24, 2.45) is 0 Å². The Labute approximate surface area is 107 Å². The molecule has 0 saturated heterocycles. The molecule has 0 bridgehead atoms. The van der Waals surface area contributed by atoms with Crippen LogP contribution in [0.5, 0.6) is 0 Å². The van der Waals surface area contributed by atoms with Crippen molar-refractivity contribution in [1.82, 2.24) is 5.32 Å². The lowest BCUT2D eigenvalue weighted by atomic mass is 9.99. The second-order valence-corrected chi connectivity index (χ2v) is 4.37. The Morgan fingerprint density at radius 3 is 2.33 bits per heavy atom. The summed E-state index contributed by atoms with van der Waals surface area (Å²) in [7, 11) is 1.64. The Hall–Kier alpha value is -1.00. The van der Waals surface area contributed by atoms with Gasteiger partial charge in [-0.15, -0.1) is 0 Å². The van der Waals surface area contributed by atoms with Crippen molar-refractivity contribution < 1.29 is 13.5 Å². The predicted molar refractivity (Wildman–Crippen MR) is 68.5 cm³/mol. The van der Waals surface area contributed by atoms with E-state index >= 15 is 0 Å². The van der Waals surface area contributed by atoms with Gasteiger partial charge in [0.25, 0.3) is 0 Å². The lowest BCUT2D eigenvalue weighted by Gasteiger charge is -2.21. The number of hydrogen-bond donors (Lipinski definition) is 1. The summed E-state index contributed by atoms with van der Waals surface area (Å²) in [4.78, 5) is 0. The number of rotatable bonds is 7. The maximum Gasteiger partial charge on any atom is 0.130 e. The molecule has 0 aliphatic rings. The number of halogens is 2. The highest BCUT2D eigenvalue weighted by molar-refractivity contribution is 5.23. The van der Waals surface area contributed by atoms with Crippen LogP contribution < -0.4 is 5.32 Å². The maximum atomic E-state index is 13.7. The van der Waals surface area contributed by atoms with Crippen LogP contribution in [-0.4, -0.2) is 19.8 Å². The third-order valence-corrected chi connectivity index (χ3v) is 3.06. The first-order chi connectivity index (χ1) is 8.60. The van der Waals surface area contributed by atoms with Crippen LogP contribution in [0.1, 0.15) is 38.3 Å². The number of hydrogen-bond acceptors (Lipinski definition) is 2. The highest BCUT2D eigenvalue weighted by Gasteiger charge is 2.19. The van der Waals surface area contributed by atoms with Crippen molar-refractivity contribution >= 4 is 0 Å². The van der Waals surface area contributed by atoms with Crippen molar-refractivity contribution in [3.63, 3.8) is 0 Å². The van der Waals surface area contributed by atoms with Crippen LogP contribution in [0, 0.1) is 11.6 Å². The molecule has 18 heavy (non-hydrogen) atoms. The van der Waals surface area contributed by atoms with E-state index in [1.54, 1.807) is 7.11 Å². The summed E-state index contributed by atoms with van der Waals surface area (Å²) >= 11 is 0. The van der Waals surface area contributed by atoms with E-state index in [9.17, 15) is 8.78 Å². The molecule has 102 valence electrons. The van der Waals surface area contributed by atoms with Crippen molar-refractivity contribution in [1.29, 1.82) is 0 Å². The van der Waals surface area contributed by atoms with Crippen molar-refractivity contribution in [3.05, 3.63) is 35.4 Å². The monoisotopic (exact) mass is 257 g/mol. The zero-order chi connectivity index (χ0) is 13.5. The van der Waals surface area contributed by atoms with Crippen molar-refractivity contribution in [2.45, 2.75) is 38.8 Å². The van der Waals surface area contributed by atoms with E-state index < -0.39 is 11.6 Å². The minimum absolute atomic E-state index is 0.0843. The molecule has 0 spiro atoms. The van der Waals surface area contributed by atoms with Gasteiger partial charge in [-0.1, -0.05) is 13.0 Å². The number of ether oxygens (including phenoxy) is 1. The van der Waals surface area contributed by atoms with Crippen molar-refractivity contribution in [3.8, 4) is 0 Å². The first-order valence-corrected chi connectivity index (χ1v) is 6.30. The van der Waals surface area contributed by atoms with E-state index in [0.29, 0.717) is 13.0 Å². The molecule has 2 unspecified atom stereocenters. The molecule has 0 fully saturated rings. The van der Waals surface area contributed by atoms with Crippen LogP contribution in [0.15, 0.2) is 18.2 Å². The van der Waals surface area contributed by atoms with E-state index in [2.05, 4.69) is 5.32 Å². The molecular formula is C14H21F2NO. The molecular weight excluding hydrogens is 236 g/mol. The first-order valence-electron chi connectivity index (χ1n) is 6.30. The molecule has 0 heterocycles. The van der Waals surface area contributed by atoms with Crippen LogP contribution in [0.2, 0.25) is 0 Å². The van der Waals surface area contributed by atoms with Gasteiger partial charge in [-0.2, -0.15) is 0 Å². The molecule has 1 rings (SSSR count). The van der Waals surface area contributed by atoms with Gasteiger partial charge in [-0.25, -0.2) is 8.78 Å². The molecule has 2 atom stereocenters. The minimum Gasteiger partial charge on any atom is -0.382 e. The third-order valence-electron chi connectivity index (χ3n) is 3.06. The van der Waals surface area contributed by atoms with Crippen LogP contribution in [0.4, 0.5) is 8.78 Å². The zero-order valence-electron chi connectivity index (χ0n) is 11.2. The summed E-state index contributed by atoms with van der Waals surface area (Å²) in [5.41, 5.74) is 0.127. The average Bonchev–Trinajstić information content (AvgIpc) is 2.35. The molecule has 4 heteroatoms. The normalized spacial score (nSPS) is 14.5. The van der Waals surface area contributed by atoms with Crippen LogP contribution in [-0.2, 0) is 4.74 Å². The van der Waals surface area contributed by atoms with E-state index in [-0.39, 0.29) is 17.7 Å². The van der Waals surface area contributed by atoms with E-state index in [4.69, 9.17) is 4.74 Å². The lowest BCUT2D eigenvalue weighted by molar-refractivity contribution is 0.106. The predicted octanol–water partition coefficient (Wildman–Crippen LogP) is 3.43. The lowest BCUT2D eigenvalue weighted by Crippen LogP contribution is -2.24. The molecule has 0 saturated carbocycles. The summed E-state index contributed by atoms with van der Waals surface area (Å²) in [5.74, 6) is -0.989. The summed E-state index contributed by atoms with van der Waals surface area (Å²) < 4.78 is 32.6. The van der Waals surface area contributed by atoms with Gasteiger partial charge in [0.15, 0.2) is 0 Å². The Balaban J connectivity index is 2.83. The van der Waals surface area contributed by atoms with Crippen LogP contribution in [0.25, 0.3) is 0 Å². The number of methoxy groups -OCH3 is 1. The van der Waals surface area contributed by atoms with Gasteiger partial charge in [0.05, 0.1) is 6.10 Å². The highest BCUT2D eigenvalue weighted by atomic mass is 19.1. The van der Waals surface area contributed by atoms with Gasteiger partial charge in [-0.3, -0.25) is 0 Å². The van der Waals surface area contributed by atoms with E-state index in [1.165, 1.54) is 18.2 Å². The molecule has 2 nitrogen and oxygen atoms in total. The van der Waals surface area contributed by atoms with Crippen LogP contribution >= 0.6 is 0 Å². The fourth-order valence-corrected chi connectivity index (χ4v) is 1.96. The quantitative estimate of drug-likeness (QED) is 0.808. The molecule has 1 aromatic carbocycles. The second-order valence-electron chi connectivity index (χ2n) is 4.37. The first kappa shape index (κ1) is 15.1.